The number of aromatic nitrogens is 3. The third-order valence-electron chi connectivity index (χ3n) is 5.35. The fourth-order valence-corrected chi connectivity index (χ4v) is 3.57. The topological polar surface area (TPSA) is 68.2 Å². The Morgan fingerprint density at radius 2 is 1.36 bits per heavy atom. The van der Waals surface area contributed by atoms with Crippen LogP contribution < -0.4 is 9.64 Å². The SMILES string of the molecule is CCCCCCOc1cnnnc1CC=C=O.c1ccc(N(c2ccccc2)c2ccccc2)cc1. The molecule has 0 unspecified atom stereocenters. The van der Waals surface area contributed by atoms with Gasteiger partial charge in [-0.3, -0.25) is 0 Å². The average molecular weight is 481 g/mol. The normalized spacial score (nSPS) is 9.92. The largest absolute Gasteiger partial charge is 0.490 e. The first kappa shape index (κ1) is 26.3. The smallest absolute Gasteiger partial charge is 0.163 e. The Hall–Kier alpha value is -4.28. The quantitative estimate of drug-likeness (QED) is 0.171. The Labute approximate surface area is 213 Å². The molecule has 4 rings (SSSR count). The molecule has 0 radical (unpaired) electrons. The van der Waals surface area contributed by atoms with E-state index in [1.807, 2.05) is 18.2 Å². The van der Waals surface area contributed by atoms with Crippen molar-refractivity contribution in [3.05, 3.63) is 109 Å². The molecule has 0 aliphatic heterocycles. The predicted octanol–water partition coefficient (Wildman–Crippen LogP) is 6.92. The Morgan fingerprint density at radius 3 is 1.86 bits per heavy atom. The lowest BCUT2D eigenvalue weighted by atomic mass is 10.2. The van der Waals surface area contributed by atoms with Gasteiger partial charge in [-0.05, 0) is 48.0 Å². The van der Waals surface area contributed by atoms with Crippen molar-refractivity contribution in [2.24, 2.45) is 0 Å². The molecule has 0 aliphatic carbocycles. The molecule has 0 aliphatic rings. The number of benzene rings is 3. The maximum absolute atomic E-state index is 10.1. The molecule has 0 saturated carbocycles. The Kier molecular flexibility index (Phi) is 11.4. The molecule has 6 heteroatoms. The predicted molar refractivity (Wildman–Crippen MR) is 145 cm³/mol. The second-order valence-electron chi connectivity index (χ2n) is 8.02. The van der Waals surface area contributed by atoms with Gasteiger partial charge in [-0.1, -0.05) is 80.8 Å². The van der Waals surface area contributed by atoms with E-state index in [-0.39, 0.29) is 0 Å². The summed E-state index contributed by atoms with van der Waals surface area (Å²) in [5, 5.41) is 11.0. The maximum atomic E-state index is 10.1. The molecule has 4 aromatic rings. The summed E-state index contributed by atoms with van der Waals surface area (Å²) in [6.07, 6.45) is 7.86. The second-order valence-corrected chi connectivity index (χ2v) is 8.02. The zero-order valence-electron chi connectivity index (χ0n) is 20.7. The molecule has 184 valence electrons. The van der Waals surface area contributed by atoms with Crippen LogP contribution in [0.5, 0.6) is 5.75 Å². The Balaban J connectivity index is 0.000000202. The fourth-order valence-electron chi connectivity index (χ4n) is 3.57. The van der Waals surface area contributed by atoms with Gasteiger partial charge in [0, 0.05) is 29.6 Å². The molecule has 1 aromatic heterocycles. The van der Waals surface area contributed by atoms with Gasteiger partial charge in [-0.2, -0.15) is 0 Å². The molecule has 0 spiro atoms. The average Bonchev–Trinajstić information content (AvgIpc) is 2.95. The molecule has 0 fully saturated rings. The number of ether oxygens (including phenoxy) is 1. The number of hydrogen-bond donors (Lipinski definition) is 0. The van der Waals surface area contributed by atoms with E-state index >= 15 is 0 Å². The Bertz CT molecular complexity index is 1090. The molecular weight excluding hydrogens is 448 g/mol. The van der Waals surface area contributed by atoms with Crippen LogP contribution in [0, 0.1) is 0 Å². The number of rotatable bonds is 11. The first-order valence-electron chi connectivity index (χ1n) is 12.3. The van der Waals surface area contributed by atoms with Crippen molar-refractivity contribution >= 4 is 23.0 Å². The summed E-state index contributed by atoms with van der Waals surface area (Å²) < 4.78 is 5.57. The number of nitrogens with zero attached hydrogens (tertiary/aromatic N) is 4. The van der Waals surface area contributed by atoms with Gasteiger partial charge < -0.3 is 9.64 Å². The van der Waals surface area contributed by atoms with Gasteiger partial charge in [0.05, 0.1) is 12.8 Å². The highest BCUT2D eigenvalue weighted by molar-refractivity contribution is 5.76. The van der Waals surface area contributed by atoms with Crippen LogP contribution in [0.2, 0.25) is 0 Å². The van der Waals surface area contributed by atoms with E-state index < -0.39 is 0 Å². The lowest BCUT2D eigenvalue weighted by Gasteiger charge is -2.25. The van der Waals surface area contributed by atoms with Gasteiger partial charge in [0.1, 0.15) is 11.6 Å². The van der Waals surface area contributed by atoms with Gasteiger partial charge in [-0.15, -0.1) is 10.2 Å². The summed E-state index contributed by atoms with van der Waals surface area (Å²) in [5.74, 6) is 2.31. The summed E-state index contributed by atoms with van der Waals surface area (Å²) in [4.78, 5) is 12.4. The highest BCUT2D eigenvalue weighted by atomic mass is 16.5. The van der Waals surface area contributed by atoms with Gasteiger partial charge >= 0.3 is 0 Å². The van der Waals surface area contributed by atoms with Gasteiger partial charge in [-0.25, -0.2) is 4.79 Å². The zero-order chi connectivity index (χ0) is 25.3. The van der Waals surface area contributed by atoms with Crippen LogP contribution >= 0.6 is 0 Å². The first-order valence-corrected chi connectivity index (χ1v) is 12.3. The summed E-state index contributed by atoms with van der Waals surface area (Å²) >= 11 is 0. The number of para-hydroxylation sites is 3. The molecule has 0 atom stereocenters. The number of anilines is 3. The van der Waals surface area contributed by atoms with Gasteiger partial charge in [0.2, 0.25) is 0 Å². The van der Waals surface area contributed by atoms with E-state index in [9.17, 15) is 4.79 Å². The van der Waals surface area contributed by atoms with Crippen molar-refractivity contribution in [3.63, 3.8) is 0 Å². The van der Waals surface area contributed by atoms with E-state index in [4.69, 9.17) is 4.74 Å². The fraction of sp³-hybridized carbons (Fsp3) is 0.233. The van der Waals surface area contributed by atoms with E-state index in [1.165, 1.54) is 42.2 Å². The molecule has 0 amide bonds. The molecule has 1 heterocycles. The van der Waals surface area contributed by atoms with Crippen molar-refractivity contribution < 1.29 is 9.53 Å². The first-order chi connectivity index (χ1) is 17.8. The minimum atomic E-state index is 0.378. The van der Waals surface area contributed by atoms with Crippen molar-refractivity contribution in [3.8, 4) is 5.75 Å². The summed E-state index contributed by atoms with van der Waals surface area (Å²) in [6.45, 7) is 2.81. The second kappa shape index (κ2) is 15.6. The third-order valence-corrected chi connectivity index (χ3v) is 5.35. The van der Waals surface area contributed by atoms with E-state index in [2.05, 4.69) is 100 Å². The summed E-state index contributed by atoms with van der Waals surface area (Å²) in [6, 6.07) is 31.3. The molecule has 0 N–H and O–H groups in total. The monoisotopic (exact) mass is 480 g/mol. The molecular formula is C30H32N4O2. The third kappa shape index (κ3) is 8.49. The minimum Gasteiger partial charge on any atom is -0.490 e. The van der Waals surface area contributed by atoms with E-state index in [0.29, 0.717) is 24.5 Å². The number of allylic oxidation sites excluding steroid dienone is 1. The van der Waals surface area contributed by atoms with E-state index in [1.54, 1.807) is 5.94 Å². The van der Waals surface area contributed by atoms with Crippen LogP contribution in [0.25, 0.3) is 0 Å². The molecule has 3 aromatic carbocycles. The van der Waals surface area contributed by atoms with Crippen LogP contribution in [0.1, 0.15) is 38.3 Å². The highest BCUT2D eigenvalue weighted by Crippen LogP contribution is 2.33. The van der Waals surface area contributed by atoms with Crippen LogP contribution in [0.15, 0.2) is 103 Å². The summed E-state index contributed by atoms with van der Waals surface area (Å²) in [7, 11) is 0. The highest BCUT2D eigenvalue weighted by Gasteiger charge is 2.10. The number of carbonyl (C=O) groups excluding carboxylic acids is 1. The van der Waals surface area contributed by atoms with Crippen LogP contribution in [0.3, 0.4) is 0 Å². The molecule has 0 bridgehead atoms. The van der Waals surface area contributed by atoms with Gasteiger partial charge in [0.25, 0.3) is 0 Å². The standard InChI is InChI=1S/C18H15N.C12H17N3O2/c1-4-10-16(11-5-1)19(17-12-6-2-7-13-17)18-14-8-3-9-15-18;1-2-3-4-5-9-17-12-10-13-15-14-11(12)7-6-8-16/h1-15H;6,10H,2-5,7,9H2,1H3. The van der Waals surface area contributed by atoms with Crippen molar-refractivity contribution in [2.75, 3.05) is 11.5 Å². The molecule has 0 saturated heterocycles. The summed E-state index contributed by atoms with van der Waals surface area (Å²) in [5.41, 5.74) is 4.12. The van der Waals surface area contributed by atoms with Crippen molar-refractivity contribution in [1.82, 2.24) is 15.4 Å². The maximum Gasteiger partial charge on any atom is 0.163 e. The minimum absolute atomic E-state index is 0.378. The Morgan fingerprint density at radius 1 is 0.806 bits per heavy atom. The van der Waals surface area contributed by atoms with Crippen molar-refractivity contribution in [1.29, 1.82) is 0 Å². The molecule has 6 nitrogen and oxygen atoms in total. The van der Waals surface area contributed by atoms with Gasteiger partial charge in [0.15, 0.2) is 5.75 Å². The number of unbranched alkanes of at least 4 members (excludes halogenated alkanes) is 3. The molecule has 36 heavy (non-hydrogen) atoms. The van der Waals surface area contributed by atoms with Crippen LogP contribution in [0.4, 0.5) is 17.1 Å². The number of hydrogen-bond acceptors (Lipinski definition) is 6. The lowest BCUT2D eigenvalue weighted by molar-refractivity contribution is 0.298. The van der Waals surface area contributed by atoms with Crippen LogP contribution in [-0.2, 0) is 11.2 Å². The van der Waals surface area contributed by atoms with Crippen molar-refractivity contribution in [2.45, 2.75) is 39.0 Å². The zero-order valence-corrected chi connectivity index (χ0v) is 20.7. The van der Waals surface area contributed by atoms with Crippen LogP contribution in [-0.4, -0.2) is 28.0 Å². The lowest BCUT2D eigenvalue weighted by Crippen LogP contribution is -2.09. The van der Waals surface area contributed by atoms with E-state index in [0.717, 1.165) is 12.8 Å².